The van der Waals surface area contributed by atoms with Crippen LogP contribution in [0.4, 0.5) is 0 Å². The van der Waals surface area contributed by atoms with Crippen molar-refractivity contribution in [3.8, 4) is 0 Å². The average molecular weight is 305 g/mol. The van der Waals surface area contributed by atoms with Crippen LogP contribution in [0.2, 0.25) is 0 Å². The summed E-state index contributed by atoms with van der Waals surface area (Å²) >= 11 is 0. The van der Waals surface area contributed by atoms with Crippen LogP contribution < -0.4 is 11.2 Å². The van der Waals surface area contributed by atoms with E-state index in [1.54, 1.807) is 13.1 Å². The molecule has 1 atom stereocenters. The minimum Gasteiger partial charge on any atom is -0.481 e. The second kappa shape index (κ2) is 9.55. The van der Waals surface area contributed by atoms with E-state index in [1.165, 1.54) is 5.56 Å². The van der Waals surface area contributed by atoms with Gasteiger partial charge in [-0.1, -0.05) is 24.3 Å². The van der Waals surface area contributed by atoms with Crippen molar-refractivity contribution < 1.29 is 14.7 Å². The summed E-state index contributed by atoms with van der Waals surface area (Å²) in [4.78, 5) is 22.1. The van der Waals surface area contributed by atoms with Crippen LogP contribution in [0.1, 0.15) is 43.7 Å². The van der Waals surface area contributed by atoms with Gasteiger partial charge in [0.05, 0.1) is 12.6 Å². The number of carboxylic acids is 1. The number of nitrogens with zero attached hydrogens (tertiary/aromatic N) is 1. The summed E-state index contributed by atoms with van der Waals surface area (Å²) in [7, 11) is 0. The number of hydrogen-bond acceptors (Lipinski definition) is 4. The Hall–Kier alpha value is -2.37. The number of carbonyl (C=O) groups is 2. The third-order valence-corrected chi connectivity index (χ3v) is 3.21. The predicted molar refractivity (Wildman–Crippen MR) is 85.6 cm³/mol. The quantitative estimate of drug-likeness (QED) is 0.279. The topological polar surface area (TPSA) is 105 Å². The number of benzene rings is 1. The number of nitrogens with two attached hydrogens (primary N) is 1. The van der Waals surface area contributed by atoms with Crippen LogP contribution in [-0.4, -0.2) is 29.2 Å². The first-order chi connectivity index (χ1) is 10.5. The number of rotatable bonds is 9. The monoisotopic (exact) mass is 305 g/mol. The van der Waals surface area contributed by atoms with Crippen LogP contribution in [-0.2, 0) is 16.0 Å². The Kier molecular flexibility index (Phi) is 7.67. The van der Waals surface area contributed by atoms with Crippen LogP contribution in [0.3, 0.4) is 0 Å². The number of hydrogen-bond donors (Lipinski definition) is 3. The number of carbonyl (C=O) groups excluding carboxylic acids is 1. The van der Waals surface area contributed by atoms with Crippen molar-refractivity contribution in [1.29, 1.82) is 0 Å². The van der Waals surface area contributed by atoms with Gasteiger partial charge in [-0.25, -0.2) is 0 Å². The highest BCUT2D eigenvalue weighted by Gasteiger charge is 2.10. The van der Waals surface area contributed by atoms with Gasteiger partial charge >= 0.3 is 5.97 Å². The second-order valence-electron chi connectivity index (χ2n) is 5.29. The molecule has 0 heterocycles. The standard InChI is InChI=1S/C16H23N3O3/c1-12(10-16(21)22)19-15(20)5-3-2-4-13-6-8-14(9-7-13)11-18-17/h6-9,11-12H,2-5,10,17H2,1H3,(H,19,20)(H,21,22)/t12-/m1/s1. The maximum absolute atomic E-state index is 11.6. The highest BCUT2D eigenvalue weighted by atomic mass is 16.4. The zero-order valence-corrected chi connectivity index (χ0v) is 12.8. The first-order valence-electron chi connectivity index (χ1n) is 7.34. The highest BCUT2D eigenvalue weighted by Crippen LogP contribution is 2.08. The number of amides is 1. The van der Waals surface area contributed by atoms with E-state index in [2.05, 4.69) is 10.4 Å². The van der Waals surface area contributed by atoms with Gasteiger partial charge in [-0.15, -0.1) is 0 Å². The third-order valence-electron chi connectivity index (χ3n) is 3.21. The maximum Gasteiger partial charge on any atom is 0.305 e. The lowest BCUT2D eigenvalue weighted by Crippen LogP contribution is -2.33. The van der Waals surface area contributed by atoms with Gasteiger partial charge in [0.15, 0.2) is 0 Å². The molecule has 0 unspecified atom stereocenters. The summed E-state index contributed by atoms with van der Waals surface area (Å²) in [6.45, 7) is 1.69. The molecule has 1 amide bonds. The minimum absolute atomic E-state index is 0.0514. The van der Waals surface area contributed by atoms with Crippen molar-refractivity contribution in [2.75, 3.05) is 0 Å². The van der Waals surface area contributed by atoms with E-state index in [4.69, 9.17) is 10.9 Å². The fourth-order valence-corrected chi connectivity index (χ4v) is 2.13. The number of unbranched alkanes of at least 4 members (excludes halogenated alkanes) is 1. The fourth-order valence-electron chi connectivity index (χ4n) is 2.13. The van der Waals surface area contributed by atoms with Crippen molar-refractivity contribution in [2.45, 2.75) is 45.1 Å². The first-order valence-corrected chi connectivity index (χ1v) is 7.34. The number of aryl methyl sites for hydroxylation is 1. The third kappa shape index (κ3) is 7.42. The average Bonchev–Trinajstić information content (AvgIpc) is 2.44. The number of aliphatic carboxylic acids is 1. The molecule has 4 N–H and O–H groups in total. The summed E-state index contributed by atoms with van der Waals surface area (Å²) < 4.78 is 0. The van der Waals surface area contributed by atoms with E-state index in [-0.39, 0.29) is 18.4 Å². The molecular weight excluding hydrogens is 282 g/mol. The number of carboxylic acid groups (broad SMARTS) is 1. The Labute approximate surface area is 130 Å². The molecule has 0 aliphatic heterocycles. The second-order valence-corrected chi connectivity index (χ2v) is 5.29. The van der Waals surface area contributed by atoms with Crippen molar-refractivity contribution >= 4 is 18.1 Å². The van der Waals surface area contributed by atoms with E-state index in [0.29, 0.717) is 6.42 Å². The molecule has 1 rings (SSSR count). The van der Waals surface area contributed by atoms with Gasteiger partial charge in [-0.05, 0) is 37.3 Å². The minimum atomic E-state index is -0.907. The van der Waals surface area contributed by atoms with Crippen molar-refractivity contribution in [2.24, 2.45) is 10.9 Å². The lowest BCUT2D eigenvalue weighted by molar-refractivity contribution is -0.137. The predicted octanol–water partition coefficient (Wildman–Crippen LogP) is 1.67. The Morgan fingerprint density at radius 2 is 2.00 bits per heavy atom. The molecule has 0 spiro atoms. The Bertz CT molecular complexity index is 512. The molecule has 0 aliphatic carbocycles. The van der Waals surface area contributed by atoms with Crippen LogP contribution >= 0.6 is 0 Å². The van der Waals surface area contributed by atoms with Crippen molar-refractivity contribution in [3.05, 3.63) is 35.4 Å². The Balaban J connectivity index is 2.21. The number of nitrogens with one attached hydrogen (secondary N) is 1. The maximum atomic E-state index is 11.6. The van der Waals surface area contributed by atoms with Gasteiger partial charge in [-0.2, -0.15) is 5.10 Å². The van der Waals surface area contributed by atoms with Gasteiger partial charge in [0.25, 0.3) is 0 Å². The molecule has 0 radical (unpaired) electrons. The Morgan fingerprint density at radius 3 is 2.59 bits per heavy atom. The van der Waals surface area contributed by atoms with E-state index in [0.717, 1.165) is 24.8 Å². The van der Waals surface area contributed by atoms with E-state index in [9.17, 15) is 9.59 Å². The van der Waals surface area contributed by atoms with Gasteiger partial charge in [0.2, 0.25) is 5.91 Å². The van der Waals surface area contributed by atoms with Gasteiger partial charge in [0, 0.05) is 12.5 Å². The molecule has 0 saturated carbocycles. The molecule has 6 heteroatoms. The molecule has 0 bridgehead atoms. The van der Waals surface area contributed by atoms with Gasteiger partial charge in [0.1, 0.15) is 0 Å². The van der Waals surface area contributed by atoms with E-state index >= 15 is 0 Å². The van der Waals surface area contributed by atoms with E-state index in [1.807, 2.05) is 24.3 Å². The number of hydrazone groups is 1. The zero-order valence-electron chi connectivity index (χ0n) is 12.8. The smallest absolute Gasteiger partial charge is 0.305 e. The molecule has 1 aromatic rings. The molecule has 22 heavy (non-hydrogen) atoms. The first kappa shape index (κ1) is 17.7. The molecule has 120 valence electrons. The van der Waals surface area contributed by atoms with Gasteiger partial charge < -0.3 is 16.3 Å². The molecule has 0 saturated heterocycles. The van der Waals surface area contributed by atoms with Crippen molar-refractivity contribution in [3.63, 3.8) is 0 Å². The lowest BCUT2D eigenvalue weighted by atomic mass is 10.1. The zero-order chi connectivity index (χ0) is 16.4. The largest absolute Gasteiger partial charge is 0.481 e. The summed E-state index contributed by atoms with van der Waals surface area (Å²) in [5.41, 5.74) is 2.16. The molecule has 0 aliphatic rings. The lowest BCUT2D eigenvalue weighted by Gasteiger charge is -2.11. The summed E-state index contributed by atoms with van der Waals surface area (Å²) in [5.74, 6) is 4.08. The summed E-state index contributed by atoms with van der Waals surface area (Å²) in [6, 6.07) is 7.61. The molecule has 1 aromatic carbocycles. The summed E-state index contributed by atoms with van der Waals surface area (Å²) in [5, 5.41) is 14.8. The van der Waals surface area contributed by atoms with Crippen LogP contribution in [0, 0.1) is 0 Å². The molecular formula is C16H23N3O3. The molecule has 0 fully saturated rings. The summed E-state index contributed by atoms with van der Waals surface area (Å²) in [6.07, 6.45) is 4.54. The van der Waals surface area contributed by atoms with Crippen LogP contribution in [0.5, 0.6) is 0 Å². The van der Waals surface area contributed by atoms with Crippen molar-refractivity contribution in [1.82, 2.24) is 5.32 Å². The Morgan fingerprint density at radius 1 is 1.32 bits per heavy atom. The molecule has 0 aromatic heterocycles. The van der Waals surface area contributed by atoms with Crippen LogP contribution in [0.25, 0.3) is 0 Å². The fraction of sp³-hybridized carbons (Fsp3) is 0.438. The SMILES string of the molecule is C[C@H](CC(=O)O)NC(=O)CCCCc1ccc(C=NN)cc1. The highest BCUT2D eigenvalue weighted by molar-refractivity contribution is 5.79. The normalized spacial score (nSPS) is 12.2. The van der Waals surface area contributed by atoms with Crippen LogP contribution in [0.15, 0.2) is 29.4 Å². The van der Waals surface area contributed by atoms with E-state index < -0.39 is 5.97 Å². The van der Waals surface area contributed by atoms with Gasteiger partial charge in [-0.3, -0.25) is 9.59 Å². The molecule has 6 nitrogen and oxygen atoms in total.